The highest BCUT2D eigenvalue weighted by Crippen LogP contribution is 2.22. The van der Waals surface area contributed by atoms with Gasteiger partial charge >= 0.3 is 5.97 Å². The molecule has 0 aliphatic rings. The van der Waals surface area contributed by atoms with Gasteiger partial charge in [-0.3, -0.25) is 9.48 Å². The van der Waals surface area contributed by atoms with E-state index in [0.29, 0.717) is 23.5 Å². The van der Waals surface area contributed by atoms with Crippen LogP contribution in [0.2, 0.25) is 0 Å². The molecule has 2 aromatic carbocycles. The van der Waals surface area contributed by atoms with E-state index in [-0.39, 0.29) is 12.5 Å². The maximum atomic E-state index is 12.6. The van der Waals surface area contributed by atoms with Crippen LogP contribution in [-0.4, -0.2) is 35.4 Å². The van der Waals surface area contributed by atoms with Crippen molar-refractivity contribution >= 4 is 17.6 Å². The Bertz CT molecular complexity index is 1050. The summed E-state index contributed by atoms with van der Waals surface area (Å²) in [5, 5.41) is 7.37. The Morgan fingerprint density at radius 3 is 2.37 bits per heavy atom. The Balaban J connectivity index is 1.63. The number of nitrogens with zero attached hydrogens (tertiary/aromatic N) is 2. The van der Waals surface area contributed by atoms with Gasteiger partial charge in [-0.1, -0.05) is 12.1 Å². The molecule has 0 atom stereocenters. The summed E-state index contributed by atoms with van der Waals surface area (Å²) in [6, 6.07) is 14.7. The molecule has 1 N–H and O–H groups in total. The monoisotopic (exact) mass is 407 g/mol. The van der Waals surface area contributed by atoms with E-state index in [1.807, 2.05) is 43.7 Å². The Morgan fingerprint density at radius 1 is 1.03 bits per heavy atom. The first kappa shape index (κ1) is 21.1. The molecule has 30 heavy (non-hydrogen) atoms. The predicted octanol–water partition coefficient (Wildman–Crippen LogP) is 3.66. The van der Waals surface area contributed by atoms with Gasteiger partial charge < -0.3 is 14.8 Å². The van der Waals surface area contributed by atoms with Crippen LogP contribution in [0.3, 0.4) is 0 Å². The van der Waals surface area contributed by atoms with Crippen molar-refractivity contribution in [1.82, 2.24) is 9.78 Å². The molecule has 3 rings (SSSR count). The number of anilines is 1. The van der Waals surface area contributed by atoms with Crippen molar-refractivity contribution in [3.05, 3.63) is 76.6 Å². The zero-order chi connectivity index (χ0) is 21.7. The Hall–Kier alpha value is -3.61. The summed E-state index contributed by atoms with van der Waals surface area (Å²) < 4.78 is 11.9. The highest BCUT2D eigenvalue weighted by atomic mass is 16.6. The summed E-state index contributed by atoms with van der Waals surface area (Å²) in [7, 11) is 1.31. The smallest absolute Gasteiger partial charge is 0.343 e. The van der Waals surface area contributed by atoms with E-state index in [1.165, 1.54) is 7.11 Å². The van der Waals surface area contributed by atoms with Crippen LogP contribution in [0.5, 0.6) is 5.75 Å². The molecule has 0 aliphatic heterocycles. The van der Waals surface area contributed by atoms with Crippen LogP contribution in [0, 0.1) is 20.8 Å². The lowest BCUT2D eigenvalue weighted by atomic mass is 10.1. The summed E-state index contributed by atoms with van der Waals surface area (Å²) in [5.74, 6) is -0.116. The van der Waals surface area contributed by atoms with Gasteiger partial charge in [0.05, 0.1) is 19.3 Å². The first-order valence-corrected chi connectivity index (χ1v) is 9.57. The maximum absolute atomic E-state index is 12.6. The molecule has 0 unspecified atom stereocenters. The fraction of sp³-hybridized carbons (Fsp3) is 0.261. The molecule has 0 saturated heterocycles. The van der Waals surface area contributed by atoms with Crippen molar-refractivity contribution in [2.75, 3.05) is 19.0 Å². The van der Waals surface area contributed by atoms with Gasteiger partial charge in [-0.2, -0.15) is 5.10 Å². The zero-order valence-corrected chi connectivity index (χ0v) is 17.6. The van der Waals surface area contributed by atoms with E-state index in [4.69, 9.17) is 4.74 Å². The summed E-state index contributed by atoms with van der Waals surface area (Å²) in [6.45, 7) is 6.35. The molecule has 0 saturated carbocycles. The summed E-state index contributed by atoms with van der Waals surface area (Å²) in [6.07, 6.45) is 0. The normalized spacial score (nSPS) is 10.5. The van der Waals surface area contributed by atoms with Gasteiger partial charge in [0.1, 0.15) is 5.75 Å². The topological polar surface area (TPSA) is 82.5 Å². The number of carbonyl (C=O) groups excluding carboxylic acids is 2. The average molecular weight is 407 g/mol. The second-order valence-corrected chi connectivity index (χ2v) is 7.08. The second-order valence-electron chi connectivity index (χ2n) is 7.08. The van der Waals surface area contributed by atoms with Crippen molar-refractivity contribution in [3.63, 3.8) is 0 Å². The highest BCUT2D eigenvalue weighted by Gasteiger charge is 2.10. The number of nitrogens with one attached hydrogen (secondary N) is 1. The minimum atomic E-state index is -0.452. The van der Waals surface area contributed by atoms with Crippen LogP contribution in [0.15, 0.2) is 48.5 Å². The zero-order valence-electron chi connectivity index (χ0n) is 17.6. The quantitative estimate of drug-likeness (QED) is 0.605. The lowest BCUT2D eigenvalue weighted by molar-refractivity contribution is -0.142. The van der Waals surface area contributed by atoms with E-state index in [9.17, 15) is 9.59 Å². The number of hydrogen-bond acceptors (Lipinski definition) is 5. The van der Waals surface area contributed by atoms with Gasteiger partial charge in [0.15, 0.2) is 6.61 Å². The standard InChI is InChI=1S/C23H25N3O4/c1-15-11-20(30-14-22(27)29-4)9-10-21(15)24-23(28)19-7-5-18(6-8-19)13-26-17(3)12-16(2)25-26/h5-12H,13-14H2,1-4H3,(H,24,28). The van der Waals surface area contributed by atoms with Crippen molar-refractivity contribution in [2.24, 2.45) is 0 Å². The fourth-order valence-electron chi connectivity index (χ4n) is 3.03. The number of amides is 1. The molecule has 0 bridgehead atoms. The number of aryl methyl sites for hydroxylation is 3. The van der Waals surface area contributed by atoms with Crippen LogP contribution in [0.25, 0.3) is 0 Å². The minimum absolute atomic E-state index is 0.161. The molecule has 0 aliphatic carbocycles. The maximum Gasteiger partial charge on any atom is 0.343 e. The number of esters is 1. The third-order valence-electron chi connectivity index (χ3n) is 4.68. The Labute approximate surface area is 175 Å². The van der Waals surface area contributed by atoms with Crippen LogP contribution >= 0.6 is 0 Å². The number of carbonyl (C=O) groups is 2. The van der Waals surface area contributed by atoms with Gasteiger partial charge in [0.25, 0.3) is 5.91 Å². The lowest BCUT2D eigenvalue weighted by Gasteiger charge is -2.11. The van der Waals surface area contributed by atoms with Gasteiger partial charge in [-0.15, -0.1) is 0 Å². The molecule has 156 valence electrons. The SMILES string of the molecule is COC(=O)COc1ccc(NC(=O)c2ccc(Cn3nc(C)cc3C)cc2)c(C)c1. The van der Waals surface area contributed by atoms with Gasteiger partial charge in [0.2, 0.25) is 0 Å². The van der Waals surface area contributed by atoms with E-state index < -0.39 is 5.97 Å². The second kappa shape index (κ2) is 9.26. The number of benzene rings is 2. The van der Waals surface area contributed by atoms with Gasteiger partial charge in [0, 0.05) is 16.9 Å². The van der Waals surface area contributed by atoms with Crippen molar-refractivity contribution < 1.29 is 19.1 Å². The fourth-order valence-corrected chi connectivity index (χ4v) is 3.03. The summed E-state index contributed by atoms with van der Waals surface area (Å²) >= 11 is 0. The Kier molecular flexibility index (Phi) is 6.51. The van der Waals surface area contributed by atoms with Crippen molar-refractivity contribution in [3.8, 4) is 5.75 Å². The number of rotatable bonds is 7. The first-order valence-electron chi connectivity index (χ1n) is 9.57. The van der Waals surface area contributed by atoms with Crippen molar-refractivity contribution in [1.29, 1.82) is 0 Å². The third kappa shape index (κ3) is 5.26. The van der Waals surface area contributed by atoms with E-state index >= 15 is 0 Å². The van der Waals surface area contributed by atoms with Crippen LogP contribution in [0.1, 0.15) is 32.9 Å². The molecule has 1 amide bonds. The minimum Gasteiger partial charge on any atom is -0.482 e. The lowest BCUT2D eigenvalue weighted by Crippen LogP contribution is -2.14. The summed E-state index contributed by atoms with van der Waals surface area (Å²) in [4.78, 5) is 23.8. The van der Waals surface area contributed by atoms with E-state index in [2.05, 4.69) is 15.2 Å². The van der Waals surface area contributed by atoms with Crippen molar-refractivity contribution in [2.45, 2.75) is 27.3 Å². The number of methoxy groups -OCH3 is 1. The van der Waals surface area contributed by atoms with E-state index in [0.717, 1.165) is 22.5 Å². The molecule has 0 fully saturated rings. The van der Waals surface area contributed by atoms with Crippen LogP contribution in [0.4, 0.5) is 5.69 Å². The predicted molar refractivity (Wildman–Crippen MR) is 114 cm³/mol. The summed E-state index contributed by atoms with van der Waals surface area (Å²) in [5.41, 5.74) is 5.23. The molecule has 1 aromatic heterocycles. The van der Waals surface area contributed by atoms with Crippen LogP contribution in [-0.2, 0) is 16.1 Å². The van der Waals surface area contributed by atoms with Gasteiger partial charge in [-0.05, 0) is 68.3 Å². The molecule has 1 heterocycles. The van der Waals surface area contributed by atoms with Crippen LogP contribution < -0.4 is 10.1 Å². The van der Waals surface area contributed by atoms with E-state index in [1.54, 1.807) is 30.3 Å². The number of aromatic nitrogens is 2. The number of ether oxygens (including phenoxy) is 2. The Morgan fingerprint density at radius 2 is 1.77 bits per heavy atom. The first-order chi connectivity index (χ1) is 14.4. The van der Waals surface area contributed by atoms with Gasteiger partial charge in [-0.25, -0.2) is 4.79 Å². The number of hydrogen-bond donors (Lipinski definition) is 1. The molecule has 7 nitrogen and oxygen atoms in total. The molecular formula is C23H25N3O4. The molecule has 7 heteroatoms. The third-order valence-corrected chi connectivity index (χ3v) is 4.68. The molecular weight excluding hydrogens is 382 g/mol. The average Bonchev–Trinajstić information content (AvgIpc) is 3.05. The largest absolute Gasteiger partial charge is 0.482 e. The molecule has 0 radical (unpaired) electrons. The molecule has 0 spiro atoms. The highest BCUT2D eigenvalue weighted by molar-refractivity contribution is 6.04. The molecule has 3 aromatic rings.